The van der Waals surface area contributed by atoms with Crippen LogP contribution < -0.4 is 15.5 Å². The molecule has 0 spiro atoms. The molecule has 2 rings (SSSR count). The van der Waals surface area contributed by atoms with Crippen molar-refractivity contribution in [3.63, 3.8) is 0 Å². The molecule has 1 aliphatic carbocycles. The van der Waals surface area contributed by atoms with Gasteiger partial charge >= 0.3 is 0 Å². The van der Waals surface area contributed by atoms with E-state index in [-0.39, 0.29) is 24.0 Å². The smallest absolute Gasteiger partial charge is 0.191 e. The van der Waals surface area contributed by atoms with Gasteiger partial charge in [0.15, 0.2) is 5.96 Å². The van der Waals surface area contributed by atoms with E-state index in [0.717, 1.165) is 19.0 Å². The molecule has 0 radical (unpaired) electrons. The Hall–Kier alpha value is -0.980. The Bertz CT molecular complexity index is 481. The SMILES string of the molecule is CCNC(=NCc1ccc(N(C)C)cc1C)NC1CC1.I. The van der Waals surface area contributed by atoms with Crippen LogP contribution in [0.2, 0.25) is 0 Å². The summed E-state index contributed by atoms with van der Waals surface area (Å²) in [4.78, 5) is 6.80. The van der Waals surface area contributed by atoms with Crippen LogP contribution in [0.4, 0.5) is 5.69 Å². The minimum Gasteiger partial charge on any atom is -0.378 e. The molecule has 5 heteroatoms. The molecular weight excluding hydrogens is 375 g/mol. The normalized spacial score (nSPS) is 14.4. The van der Waals surface area contributed by atoms with E-state index in [9.17, 15) is 0 Å². The Kier molecular flexibility index (Phi) is 7.28. The third kappa shape index (κ3) is 5.73. The average Bonchev–Trinajstić information content (AvgIpc) is 3.21. The topological polar surface area (TPSA) is 39.7 Å². The summed E-state index contributed by atoms with van der Waals surface area (Å²) >= 11 is 0. The van der Waals surface area contributed by atoms with Crippen LogP contribution in [0.5, 0.6) is 0 Å². The molecular formula is C16H27IN4. The van der Waals surface area contributed by atoms with Crippen molar-refractivity contribution in [2.24, 2.45) is 4.99 Å². The number of halogens is 1. The van der Waals surface area contributed by atoms with Crippen LogP contribution >= 0.6 is 24.0 Å². The number of anilines is 1. The van der Waals surface area contributed by atoms with Gasteiger partial charge in [-0.05, 0) is 49.9 Å². The van der Waals surface area contributed by atoms with E-state index >= 15 is 0 Å². The molecule has 1 aliphatic rings. The molecule has 4 nitrogen and oxygen atoms in total. The highest BCUT2D eigenvalue weighted by Gasteiger charge is 2.22. The molecule has 21 heavy (non-hydrogen) atoms. The first kappa shape index (κ1) is 18.1. The molecule has 118 valence electrons. The molecule has 1 saturated carbocycles. The highest BCUT2D eigenvalue weighted by molar-refractivity contribution is 14.0. The number of nitrogens with one attached hydrogen (secondary N) is 2. The van der Waals surface area contributed by atoms with Crippen molar-refractivity contribution in [2.75, 3.05) is 25.5 Å². The van der Waals surface area contributed by atoms with E-state index in [2.05, 4.69) is 66.7 Å². The van der Waals surface area contributed by atoms with E-state index < -0.39 is 0 Å². The van der Waals surface area contributed by atoms with Gasteiger partial charge < -0.3 is 15.5 Å². The highest BCUT2D eigenvalue weighted by atomic mass is 127. The number of hydrogen-bond acceptors (Lipinski definition) is 2. The van der Waals surface area contributed by atoms with Gasteiger partial charge in [0.25, 0.3) is 0 Å². The summed E-state index contributed by atoms with van der Waals surface area (Å²) < 4.78 is 0. The first-order chi connectivity index (χ1) is 9.60. The molecule has 0 aliphatic heterocycles. The van der Waals surface area contributed by atoms with Crippen molar-refractivity contribution in [1.82, 2.24) is 10.6 Å². The van der Waals surface area contributed by atoms with Gasteiger partial charge in [0.05, 0.1) is 6.54 Å². The van der Waals surface area contributed by atoms with Crippen molar-refractivity contribution in [3.05, 3.63) is 29.3 Å². The molecule has 1 fully saturated rings. The molecule has 0 saturated heterocycles. The lowest BCUT2D eigenvalue weighted by Gasteiger charge is -2.15. The summed E-state index contributed by atoms with van der Waals surface area (Å²) in [5, 5.41) is 6.75. The molecule has 2 N–H and O–H groups in total. The molecule has 0 unspecified atom stereocenters. The predicted octanol–water partition coefficient (Wildman–Crippen LogP) is 2.90. The quantitative estimate of drug-likeness (QED) is 0.452. The molecule has 1 aromatic rings. The van der Waals surface area contributed by atoms with E-state index in [1.54, 1.807) is 0 Å². The molecule has 0 atom stereocenters. The monoisotopic (exact) mass is 402 g/mol. The number of aryl methyl sites for hydroxylation is 1. The van der Waals surface area contributed by atoms with Crippen LogP contribution in [0.25, 0.3) is 0 Å². The summed E-state index contributed by atoms with van der Waals surface area (Å²) in [7, 11) is 4.13. The van der Waals surface area contributed by atoms with Gasteiger partial charge in [0.1, 0.15) is 0 Å². The van der Waals surface area contributed by atoms with Gasteiger partial charge in [0.2, 0.25) is 0 Å². The Balaban J connectivity index is 0.00000220. The summed E-state index contributed by atoms with van der Waals surface area (Å²) in [6, 6.07) is 7.17. The van der Waals surface area contributed by atoms with Gasteiger partial charge in [-0.1, -0.05) is 6.07 Å². The molecule has 0 amide bonds. The predicted molar refractivity (Wildman–Crippen MR) is 102 cm³/mol. The number of rotatable bonds is 5. The third-order valence-corrected chi connectivity index (χ3v) is 3.51. The second-order valence-electron chi connectivity index (χ2n) is 5.62. The largest absolute Gasteiger partial charge is 0.378 e. The molecule has 0 bridgehead atoms. The first-order valence-electron chi connectivity index (χ1n) is 7.42. The lowest BCUT2D eigenvalue weighted by molar-refractivity contribution is 0.811. The average molecular weight is 402 g/mol. The molecule has 1 aromatic carbocycles. The summed E-state index contributed by atoms with van der Waals surface area (Å²) in [5.41, 5.74) is 3.81. The fraction of sp³-hybridized carbons (Fsp3) is 0.562. The van der Waals surface area contributed by atoms with Crippen molar-refractivity contribution in [2.45, 2.75) is 39.3 Å². The van der Waals surface area contributed by atoms with Crippen LogP contribution in [-0.2, 0) is 6.54 Å². The van der Waals surface area contributed by atoms with Crippen molar-refractivity contribution < 1.29 is 0 Å². The Morgan fingerprint density at radius 2 is 2.05 bits per heavy atom. The van der Waals surface area contributed by atoms with Crippen LogP contribution in [-0.4, -0.2) is 32.6 Å². The highest BCUT2D eigenvalue weighted by Crippen LogP contribution is 2.19. The van der Waals surface area contributed by atoms with Crippen molar-refractivity contribution in [1.29, 1.82) is 0 Å². The minimum absolute atomic E-state index is 0. The third-order valence-electron chi connectivity index (χ3n) is 3.51. The van der Waals surface area contributed by atoms with Crippen LogP contribution in [0.1, 0.15) is 30.9 Å². The summed E-state index contributed by atoms with van der Waals surface area (Å²) in [6.07, 6.45) is 2.53. The Morgan fingerprint density at radius 1 is 1.33 bits per heavy atom. The Morgan fingerprint density at radius 3 is 2.57 bits per heavy atom. The van der Waals surface area contributed by atoms with Crippen LogP contribution in [0, 0.1) is 6.92 Å². The molecule has 0 heterocycles. The van der Waals surface area contributed by atoms with Crippen molar-refractivity contribution in [3.8, 4) is 0 Å². The van der Waals surface area contributed by atoms with E-state index in [0.29, 0.717) is 6.04 Å². The maximum absolute atomic E-state index is 4.68. The number of benzene rings is 1. The van der Waals surface area contributed by atoms with Gasteiger partial charge in [-0.25, -0.2) is 4.99 Å². The zero-order valence-corrected chi connectivity index (χ0v) is 15.8. The van der Waals surface area contributed by atoms with Crippen molar-refractivity contribution >= 4 is 35.6 Å². The van der Waals surface area contributed by atoms with Crippen LogP contribution in [0.15, 0.2) is 23.2 Å². The summed E-state index contributed by atoms with van der Waals surface area (Å²) in [6.45, 7) is 5.87. The number of nitrogens with zero attached hydrogens (tertiary/aromatic N) is 2. The number of aliphatic imine (C=N–C) groups is 1. The number of guanidine groups is 1. The summed E-state index contributed by atoms with van der Waals surface area (Å²) in [5.74, 6) is 0.936. The maximum atomic E-state index is 4.68. The fourth-order valence-electron chi connectivity index (χ4n) is 2.04. The Labute approximate surface area is 145 Å². The lowest BCUT2D eigenvalue weighted by atomic mass is 10.1. The maximum Gasteiger partial charge on any atom is 0.191 e. The second-order valence-corrected chi connectivity index (χ2v) is 5.62. The van der Waals surface area contributed by atoms with Gasteiger partial charge in [-0.3, -0.25) is 0 Å². The zero-order chi connectivity index (χ0) is 14.5. The van der Waals surface area contributed by atoms with Gasteiger partial charge in [0, 0.05) is 32.4 Å². The van der Waals surface area contributed by atoms with Crippen LogP contribution in [0.3, 0.4) is 0 Å². The van der Waals surface area contributed by atoms with E-state index in [1.807, 2.05) is 0 Å². The lowest BCUT2D eigenvalue weighted by Crippen LogP contribution is -2.38. The second kappa shape index (κ2) is 8.46. The fourth-order valence-corrected chi connectivity index (χ4v) is 2.04. The molecule has 0 aromatic heterocycles. The van der Waals surface area contributed by atoms with Gasteiger partial charge in [-0.2, -0.15) is 0 Å². The minimum atomic E-state index is 0. The number of hydrogen-bond donors (Lipinski definition) is 2. The van der Waals surface area contributed by atoms with E-state index in [1.165, 1.54) is 29.7 Å². The standard InChI is InChI=1S/C16H26N4.HI/c1-5-17-16(19-14-7-8-14)18-11-13-6-9-15(20(3)4)10-12(13)2;/h6,9-10,14H,5,7-8,11H2,1-4H3,(H2,17,18,19);1H. The van der Waals surface area contributed by atoms with Gasteiger partial charge in [-0.15, -0.1) is 24.0 Å². The zero-order valence-electron chi connectivity index (χ0n) is 13.4. The van der Waals surface area contributed by atoms with E-state index in [4.69, 9.17) is 0 Å². The first-order valence-corrected chi connectivity index (χ1v) is 7.42.